The summed E-state index contributed by atoms with van der Waals surface area (Å²) in [5.74, 6) is 0.636. The van der Waals surface area contributed by atoms with Crippen LogP contribution in [0.15, 0.2) is 24.3 Å². The van der Waals surface area contributed by atoms with Crippen LogP contribution in [0.2, 0.25) is 0 Å². The molecule has 22 heavy (non-hydrogen) atoms. The molecule has 0 aliphatic carbocycles. The zero-order valence-electron chi connectivity index (χ0n) is 15.3. The van der Waals surface area contributed by atoms with E-state index >= 15 is 0 Å². The highest BCUT2D eigenvalue weighted by Gasteiger charge is 2.05. The van der Waals surface area contributed by atoms with Crippen LogP contribution in [0.1, 0.15) is 97.8 Å². The van der Waals surface area contributed by atoms with E-state index in [0.717, 1.165) is 19.3 Å². The lowest BCUT2D eigenvalue weighted by Crippen LogP contribution is -2.05. The maximum Gasteiger partial charge on any atom is 0.135 e. The average molecular weight is 307 g/mol. The van der Waals surface area contributed by atoms with Crippen molar-refractivity contribution in [2.45, 2.75) is 97.8 Å². The van der Waals surface area contributed by atoms with Crippen molar-refractivity contribution in [3.05, 3.63) is 24.3 Å². The molecule has 1 nitrogen and oxygen atoms in total. The number of hydrogen-bond acceptors (Lipinski definition) is 1. The zero-order valence-corrected chi connectivity index (χ0v) is 15.3. The van der Waals surface area contributed by atoms with E-state index in [1.165, 1.54) is 57.8 Å². The molecule has 0 aliphatic heterocycles. The van der Waals surface area contributed by atoms with Gasteiger partial charge >= 0.3 is 0 Å². The van der Waals surface area contributed by atoms with E-state index in [9.17, 15) is 4.79 Å². The van der Waals surface area contributed by atoms with Gasteiger partial charge in [0, 0.05) is 12.3 Å². The second-order valence-corrected chi connectivity index (χ2v) is 6.60. The first-order valence-corrected chi connectivity index (χ1v) is 9.51. The molecule has 128 valence electrons. The Balaban J connectivity index is 3.25. The molecule has 0 amide bonds. The lowest BCUT2D eigenvalue weighted by Gasteiger charge is -2.03. The van der Waals surface area contributed by atoms with Crippen LogP contribution < -0.4 is 0 Å². The lowest BCUT2D eigenvalue weighted by atomic mass is 10.0. The van der Waals surface area contributed by atoms with E-state index in [1.54, 1.807) is 0 Å². The third-order valence-electron chi connectivity index (χ3n) is 4.02. The summed E-state index contributed by atoms with van der Waals surface area (Å²) in [5, 5.41) is 0. The van der Waals surface area contributed by atoms with Crippen molar-refractivity contribution in [1.82, 2.24) is 0 Å². The summed E-state index contributed by atoms with van der Waals surface area (Å²) in [6.07, 6.45) is 23.7. The number of unbranched alkanes of at least 4 members (excludes halogenated alkanes) is 8. The normalized spacial score (nSPS) is 12.0. The summed E-state index contributed by atoms with van der Waals surface area (Å²) in [4.78, 5) is 11.5. The van der Waals surface area contributed by atoms with Crippen LogP contribution in [0.3, 0.4) is 0 Å². The summed E-state index contributed by atoms with van der Waals surface area (Å²) < 4.78 is 0. The highest BCUT2D eigenvalue weighted by atomic mass is 16.1. The van der Waals surface area contributed by atoms with Gasteiger partial charge in [-0.3, -0.25) is 4.79 Å². The van der Waals surface area contributed by atoms with Crippen LogP contribution in [-0.4, -0.2) is 5.78 Å². The highest BCUT2D eigenvalue weighted by Crippen LogP contribution is 2.10. The van der Waals surface area contributed by atoms with E-state index in [-0.39, 0.29) is 5.92 Å². The Bertz CT molecular complexity index is 299. The van der Waals surface area contributed by atoms with E-state index in [2.05, 4.69) is 31.2 Å². The van der Waals surface area contributed by atoms with Crippen LogP contribution in [0, 0.1) is 5.92 Å². The van der Waals surface area contributed by atoms with Crippen molar-refractivity contribution >= 4 is 5.78 Å². The van der Waals surface area contributed by atoms with Gasteiger partial charge in [0.05, 0.1) is 0 Å². The van der Waals surface area contributed by atoms with E-state index in [0.29, 0.717) is 5.78 Å². The molecule has 0 aliphatic rings. The Kier molecular flexibility index (Phi) is 15.9. The van der Waals surface area contributed by atoms with E-state index in [1.807, 2.05) is 13.8 Å². The molecular formula is C21H38O. The molecule has 0 atom stereocenters. The van der Waals surface area contributed by atoms with Crippen LogP contribution in [0.25, 0.3) is 0 Å². The molecule has 0 aromatic carbocycles. The van der Waals surface area contributed by atoms with Gasteiger partial charge < -0.3 is 0 Å². The minimum atomic E-state index is 0.214. The number of carbonyl (C=O) groups is 1. The quantitative estimate of drug-likeness (QED) is 0.234. The van der Waals surface area contributed by atoms with Gasteiger partial charge in [0.15, 0.2) is 0 Å². The fourth-order valence-corrected chi connectivity index (χ4v) is 2.40. The van der Waals surface area contributed by atoms with Gasteiger partial charge in [0.1, 0.15) is 5.78 Å². The standard InChI is InChI=1S/C21H38O/c1-4-5-6-7-8-9-10-11-12-13-14-15-16-17-18-19-21(22)20(2)3/h8-9,11-12,20H,4-7,10,13-19H2,1-3H3/b9-8+,12-11+. The fraction of sp³-hybridized carbons (Fsp3) is 0.762. The van der Waals surface area contributed by atoms with Gasteiger partial charge in [0.25, 0.3) is 0 Å². The Labute approximate surface area is 139 Å². The number of ketones is 1. The van der Waals surface area contributed by atoms with Crippen molar-refractivity contribution < 1.29 is 4.79 Å². The fourth-order valence-electron chi connectivity index (χ4n) is 2.40. The van der Waals surface area contributed by atoms with Crippen LogP contribution in [0.4, 0.5) is 0 Å². The van der Waals surface area contributed by atoms with Crippen LogP contribution in [0.5, 0.6) is 0 Å². The first-order chi connectivity index (χ1) is 10.7. The molecule has 0 radical (unpaired) electrons. The monoisotopic (exact) mass is 306 g/mol. The molecular weight excluding hydrogens is 268 g/mol. The number of hydrogen-bond donors (Lipinski definition) is 0. The minimum Gasteiger partial charge on any atom is -0.299 e. The number of Topliss-reactive ketones (excluding diaryl/α,β-unsaturated/α-hetero) is 1. The van der Waals surface area contributed by atoms with Gasteiger partial charge in [-0.1, -0.05) is 77.2 Å². The van der Waals surface area contributed by atoms with Crippen molar-refractivity contribution in [3.8, 4) is 0 Å². The third kappa shape index (κ3) is 15.5. The summed E-state index contributed by atoms with van der Waals surface area (Å²) in [7, 11) is 0. The Morgan fingerprint density at radius 3 is 1.91 bits per heavy atom. The molecule has 0 heterocycles. The average Bonchev–Trinajstić information content (AvgIpc) is 2.50. The first-order valence-electron chi connectivity index (χ1n) is 9.51. The molecule has 0 fully saturated rings. The molecule has 0 rings (SSSR count). The van der Waals surface area contributed by atoms with Crippen molar-refractivity contribution in [2.24, 2.45) is 5.92 Å². The van der Waals surface area contributed by atoms with Crippen molar-refractivity contribution in [1.29, 1.82) is 0 Å². The number of carbonyl (C=O) groups excluding carboxylic acids is 1. The molecule has 0 saturated heterocycles. The summed E-state index contributed by atoms with van der Waals surface area (Å²) in [6.45, 7) is 6.24. The highest BCUT2D eigenvalue weighted by molar-refractivity contribution is 5.80. The molecule has 0 aromatic rings. The molecule has 0 N–H and O–H groups in total. The summed E-state index contributed by atoms with van der Waals surface area (Å²) >= 11 is 0. The SMILES string of the molecule is CCCCC/C=C/C/C=C/CCCCCCCC(=O)C(C)C. The Hall–Kier alpha value is -0.850. The van der Waals surface area contributed by atoms with Crippen LogP contribution >= 0.6 is 0 Å². The van der Waals surface area contributed by atoms with Crippen LogP contribution in [-0.2, 0) is 4.79 Å². The maximum atomic E-state index is 11.5. The molecule has 1 heteroatoms. The van der Waals surface area contributed by atoms with Gasteiger partial charge in [-0.2, -0.15) is 0 Å². The topological polar surface area (TPSA) is 17.1 Å². The maximum absolute atomic E-state index is 11.5. The largest absolute Gasteiger partial charge is 0.299 e. The number of allylic oxidation sites excluding steroid dienone is 4. The summed E-state index contributed by atoms with van der Waals surface area (Å²) in [6, 6.07) is 0. The van der Waals surface area contributed by atoms with Crippen molar-refractivity contribution in [3.63, 3.8) is 0 Å². The molecule has 0 bridgehead atoms. The predicted molar refractivity (Wildman–Crippen MR) is 99.2 cm³/mol. The number of rotatable bonds is 15. The molecule has 0 saturated carbocycles. The Morgan fingerprint density at radius 2 is 1.32 bits per heavy atom. The molecule has 0 aromatic heterocycles. The zero-order chi connectivity index (χ0) is 16.5. The van der Waals surface area contributed by atoms with Gasteiger partial charge in [-0.15, -0.1) is 0 Å². The van der Waals surface area contributed by atoms with Gasteiger partial charge in [-0.25, -0.2) is 0 Å². The minimum absolute atomic E-state index is 0.214. The van der Waals surface area contributed by atoms with Gasteiger partial charge in [0.2, 0.25) is 0 Å². The predicted octanol–water partition coefficient (Wildman–Crippen LogP) is 7.03. The smallest absolute Gasteiger partial charge is 0.135 e. The third-order valence-corrected chi connectivity index (χ3v) is 4.02. The molecule has 0 unspecified atom stereocenters. The lowest BCUT2D eigenvalue weighted by molar-refractivity contribution is -0.122. The Morgan fingerprint density at radius 1 is 0.773 bits per heavy atom. The molecule has 0 spiro atoms. The van der Waals surface area contributed by atoms with Crippen molar-refractivity contribution in [2.75, 3.05) is 0 Å². The van der Waals surface area contributed by atoms with Gasteiger partial charge in [-0.05, 0) is 38.5 Å². The van der Waals surface area contributed by atoms with E-state index < -0.39 is 0 Å². The second-order valence-electron chi connectivity index (χ2n) is 6.60. The summed E-state index contributed by atoms with van der Waals surface area (Å²) in [5.41, 5.74) is 0. The second kappa shape index (κ2) is 16.5. The van der Waals surface area contributed by atoms with E-state index in [4.69, 9.17) is 0 Å². The first kappa shape index (κ1) is 21.1.